The molecule has 1 aliphatic rings. The number of amides is 1. The van der Waals surface area contributed by atoms with Gasteiger partial charge < -0.3 is 14.8 Å². The molecule has 2 aromatic carbocycles. The van der Waals surface area contributed by atoms with Crippen LogP contribution in [0.2, 0.25) is 0 Å². The average molecular weight is 394 g/mol. The van der Waals surface area contributed by atoms with E-state index >= 15 is 0 Å². The van der Waals surface area contributed by atoms with Crippen LogP contribution in [-0.2, 0) is 4.79 Å². The standard InChI is InChI=1S/C18H13F3N2O3S/c1-25-14-8-4-5-10(15(14)26-17(20)21)9-12-16(24)23(18(27)22-12)13-7-3-2-6-11(13)19/h2-9,17H,1H3,(H,22,27)/b12-9-. The zero-order valence-electron chi connectivity index (χ0n) is 13.9. The quantitative estimate of drug-likeness (QED) is 0.619. The predicted molar refractivity (Wildman–Crippen MR) is 97.2 cm³/mol. The van der Waals surface area contributed by atoms with Crippen molar-refractivity contribution in [1.29, 1.82) is 0 Å². The van der Waals surface area contributed by atoms with E-state index in [0.29, 0.717) is 0 Å². The van der Waals surface area contributed by atoms with Crippen LogP contribution in [0.1, 0.15) is 5.56 Å². The Labute approximate surface area is 158 Å². The van der Waals surface area contributed by atoms with Crippen molar-refractivity contribution in [1.82, 2.24) is 5.32 Å². The molecule has 1 fully saturated rings. The zero-order chi connectivity index (χ0) is 19.6. The maximum Gasteiger partial charge on any atom is 0.387 e. The van der Waals surface area contributed by atoms with Crippen LogP contribution in [0.5, 0.6) is 11.5 Å². The third kappa shape index (κ3) is 3.72. The van der Waals surface area contributed by atoms with E-state index in [1.807, 2.05) is 0 Å². The fourth-order valence-electron chi connectivity index (χ4n) is 2.56. The summed E-state index contributed by atoms with van der Waals surface area (Å²) in [5.74, 6) is -1.41. The second kappa shape index (κ2) is 7.67. The van der Waals surface area contributed by atoms with E-state index in [-0.39, 0.29) is 33.6 Å². The first-order valence-corrected chi connectivity index (χ1v) is 8.06. The Morgan fingerprint density at radius 2 is 1.93 bits per heavy atom. The van der Waals surface area contributed by atoms with E-state index in [2.05, 4.69) is 10.1 Å². The number of rotatable bonds is 5. The summed E-state index contributed by atoms with van der Waals surface area (Å²) in [4.78, 5) is 13.7. The second-order valence-corrected chi connectivity index (χ2v) is 5.72. The first-order chi connectivity index (χ1) is 12.9. The molecule has 0 radical (unpaired) electrons. The summed E-state index contributed by atoms with van der Waals surface area (Å²) in [7, 11) is 1.30. The van der Waals surface area contributed by atoms with E-state index in [9.17, 15) is 18.0 Å². The molecule has 2 aromatic rings. The summed E-state index contributed by atoms with van der Waals surface area (Å²) in [6.07, 6.45) is 1.29. The molecule has 27 heavy (non-hydrogen) atoms. The Kier molecular flexibility index (Phi) is 5.31. The molecule has 0 bridgehead atoms. The molecular formula is C18H13F3N2O3S. The summed E-state index contributed by atoms with van der Waals surface area (Å²) in [5.41, 5.74) is 0.136. The number of thiocarbonyl (C=S) groups is 1. The first-order valence-electron chi connectivity index (χ1n) is 7.66. The Morgan fingerprint density at radius 1 is 1.19 bits per heavy atom. The molecule has 1 heterocycles. The fraction of sp³-hybridized carbons (Fsp3) is 0.111. The van der Waals surface area contributed by atoms with Crippen molar-refractivity contribution < 1.29 is 27.4 Å². The number of carbonyl (C=O) groups is 1. The molecule has 3 rings (SSSR count). The van der Waals surface area contributed by atoms with Gasteiger partial charge in [-0.15, -0.1) is 0 Å². The molecule has 5 nitrogen and oxygen atoms in total. The van der Waals surface area contributed by atoms with Crippen molar-refractivity contribution in [3.05, 3.63) is 59.5 Å². The van der Waals surface area contributed by atoms with Crippen molar-refractivity contribution in [2.24, 2.45) is 0 Å². The number of hydrogen-bond acceptors (Lipinski definition) is 4. The molecule has 0 aliphatic carbocycles. The minimum atomic E-state index is -3.08. The molecule has 1 amide bonds. The second-order valence-electron chi connectivity index (χ2n) is 5.34. The molecule has 0 spiro atoms. The number of nitrogens with one attached hydrogen (secondary N) is 1. The summed E-state index contributed by atoms with van der Waals surface area (Å²) in [6.45, 7) is -3.08. The van der Waals surface area contributed by atoms with Crippen LogP contribution in [-0.4, -0.2) is 24.7 Å². The van der Waals surface area contributed by atoms with Gasteiger partial charge in [0.05, 0.1) is 12.8 Å². The number of hydrogen-bond donors (Lipinski definition) is 1. The number of para-hydroxylation sites is 2. The summed E-state index contributed by atoms with van der Waals surface area (Å²) < 4.78 is 49.1. The topological polar surface area (TPSA) is 50.8 Å². The largest absolute Gasteiger partial charge is 0.493 e. The average Bonchev–Trinajstić information content (AvgIpc) is 2.90. The van der Waals surface area contributed by atoms with Gasteiger partial charge in [-0.05, 0) is 36.5 Å². The van der Waals surface area contributed by atoms with E-state index in [1.165, 1.54) is 43.5 Å². The maximum atomic E-state index is 14.0. The lowest BCUT2D eigenvalue weighted by Gasteiger charge is -2.14. The van der Waals surface area contributed by atoms with Gasteiger partial charge in [0.25, 0.3) is 5.91 Å². The molecule has 0 aromatic heterocycles. The monoisotopic (exact) mass is 394 g/mol. The molecule has 1 saturated heterocycles. The maximum absolute atomic E-state index is 14.0. The number of halogens is 3. The summed E-state index contributed by atoms with van der Waals surface area (Å²) in [5, 5.41) is 2.63. The van der Waals surface area contributed by atoms with Gasteiger partial charge in [-0.25, -0.2) is 9.29 Å². The molecule has 9 heteroatoms. The number of nitrogens with zero attached hydrogens (tertiary/aromatic N) is 1. The predicted octanol–water partition coefficient (Wildman–Crippen LogP) is 3.70. The summed E-state index contributed by atoms with van der Waals surface area (Å²) in [6, 6.07) is 10.1. The van der Waals surface area contributed by atoms with Crippen LogP contribution in [0.25, 0.3) is 6.08 Å². The molecule has 0 atom stereocenters. The molecule has 0 saturated carbocycles. The molecule has 1 N–H and O–H groups in total. The van der Waals surface area contributed by atoms with Gasteiger partial charge in [0, 0.05) is 5.56 Å². The van der Waals surface area contributed by atoms with Gasteiger partial charge in [-0.3, -0.25) is 4.79 Å². The zero-order valence-corrected chi connectivity index (χ0v) is 14.7. The highest BCUT2D eigenvalue weighted by atomic mass is 32.1. The minimum absolute atomic E-state index is 0.0157. The van der Waals surface area contributed by atoms with E-state index in [4.69, 9.17) is 17.0 Å². The van der Waals surface area contributed by atoms with Crippen LogP contribution in [0.4, 0.5) is 18.9 Å². The smallest absolute Gasteiger partial charge is 0.387 e. The Hall–Kier alpha value is -3.07. The number of methoxy groups -OCH3 is 1. The number of carbonyl (C=O) groups excluding carboxylic acids is 1. The molecular weight excluding hydrogens is 381 g/mol. The van der Waals surface area contributed by atoms with Gasteiger partial charge in [-0.1, -0.05) is 24.3 Å². The number of alkyl halides is 2. The first kappa shape index (κ1) is 18.7. The van der Waals surface area contributed by atoms with Crippen LogP contribution in [0.15, 0.2) is 48.2 Å². The lowest BCUT2D eigenvalue weighted by Crippen LogP contribution is -2.31. The Bertz CT molecular complexity index is 934. The van der Waals surface area contributed by atoms with Crippen molar-refractivity contribution in [2.75, 3.05) is 12.0 Å². The van der Waals surface area contributed by atoms with Crippen molar-refractivity contribution in [3.63, 3.8) is 0 Å². The fourth-order valence-corrected chi connectivity index (χ4v) is 2.86. The van der Waals surface area contributed by atoms with Crippen LogP contribution >= 0.6 is 12.2 Å². The van der Waals surface area contributed by atoms with Crippen molar-refractivity contribution >= 4 is 35.0 Å². The third-order valence-corrected chi connectivity index (χ3v) is 3.99. The van der Waals surface area contributed by atoms with Gasteiger partial charge in [0.15, 0.2) is 16.6 Å². The highest BCUT2D eigenvalue weighted by Gasteiger charge is 2.33. The highest BCUT2D eigenvalue weighted by molar-refractivity contribution is 7.80. The SMILES string of the molecule is COc1cccc(/C=C2\NC(=S)N(c3ccccc3F)C2=O)c1OC(F)F. The Balaban J connectivity index is 2.01. The normalized spacial score (nSPS) is 15.4. The highest BCUT2D eigenvalue weighted by Crippen LogP contribution is 2.34. The Morgan fingerprint density at radius 3 is 2.59 bits per heavy atom. The van der Waals surface area contributed by atoms with Crippen LogP contribution in [0, 0.1) is 5.82 Å². The minimum Gasteiger partial charge on any atom is -0.493 e. The van der Waals surface area contributed by atoms with Gasteiger partial charge in [0.1, 0.15) is 11.5 Å². The van der Waals surface area contributed by atoms with Crippen LogP contribution in [0.3, 0.4) is 0 Å². The summed E-state index contributed by atoms with van der Waals surface area (Å²) >= 11 is 5.11. The lowest BCUT2D eigenvalue weighted by molar-refractivity contribution is -0.113. The van der Waals surface area contributed by atoms with Crippen molar-refractivity contribution in [3.8, 4) is 11.5 Å². The molecule has 0 unspecified atom stereocenters. The van der Waals surface area contributed by atoms with E-state index in [1.54, 1.807) is 12.1 Å². The third-order valence-electron chi connectivity index (χ3n) is 3.71. The van der Waals surface area contributed by atoms with Gasteiger partial charge >= 0.3 is 6.61 Å². The van der Waals surface area contributed by atoms with E-state index < -0.39 is 18.3 Å². The van der Waals surface area contributed by atoms with E-state index in [0.717, 1.165) is 4.90 Å². The van der Waals surface area contributed by atoms with Crippen LogP contribution < -0.4 is 19.7 Å². The number of benzene rings is 2. The number of ether oxygens (including phenoxy) is 2. The van der Waals surface area contributed by atoms with Crippen molar-refractivity contribution in [2.45, 2.75) is 6.61 Å². The van der Waals surface area contributed by atoms with Gasteiger partial charge in [0.2, 0.25) is 0 Å². The molecule has 1 aliphatic heterocycles. The lowest BCUT2D eigenvalue weighted by atomic mass is 10.1. The van der Waals surface area contributed by atoms with Gasteiger partial charge in [-0.2, -0.15) is 8.78 Å². The molecule has 140 valence electrons. The number of anilines is 1.